The summed E-state index contributed by atoms with van der Waals surface area (Å²) in [6.45, 7) is 4.98. The van der Waals surface area contributed by atoms with Crippen molar-refractivity contribution in [1.82, 2.24) is 9.80 Å². The number of benzene rings is 1. The molecule has 2 N–H and O–H groups in total. The molecule has 0 spiro atoms. The zero-order chi connectivity index (χ0) is 21.8. The van der Waals surface area contributed by atoms with E-state index in [1.165, 1.54) is 5.56 Å². The van der Waals surface area contributed by atoms with Gasteiger partial charge in [0.1, 0.15) is 11.7 Å². The van der Waals surface area contributed by atoms with Crippen molar-refractivity contribution >= 4 is 29.2 Å². The van der Waals surface area contributed by atoms with Crippen LogP contribution in [0.4, 0.5) is 0 Å². The van der Waals surface area contributed by atoms with Gasteiger partial charge in [0.05, 0.1) is 18.9 Å². The first-order valence-electron chi connectivity index (χ1n) is 11.3. The molecule has 0 aromatic heterocycles. The van der Waals surface area contributed by atoms with Gasteiger partial charge in [-0.2, -0.15) is 0 Å². The first-order chi connectivity index (χ1) is 15.0. The van der Waals surface area contributed by atoms with E-state index in [1.54, 1.807) is 0 Å². The molecule has 0 amide bonds. The van der Waals surface area contributed by atoms with E-state index in [1.807, 2.05) is 19.1 Å². The number of nitrogens with zero attached hydrogens (tertiary/aromatic N) is 4. The molecular formula is C23H32ClN5O2. The fourth-order valence-corrected chi connectivity index (χ4v) is 5.18. The van der Waals surface area contributed by atoms with Gasteiger partial charge in [0, 0.05) is 36.7 Å². The van der Waals surface area contributed by atoms with Gasteiger partial charge in [-0.15, -0.1) is 10.2 Å². The molecular weight excluding hydrogens is 414 g/mol. The van der Waals surface area contributed by atoms with Gasteiger partial charge in [-0.05, 0) is 56.7 Å². The third kappa shape index (κ3) is 5.39. The minimum Gasteiger partial charge on any atom is -0.466 e. The monoisotopic (exact) mass is 445 g/mol. The van der Waals surface area contributed by atoms with E-state index >= 15 is 0 Å². The molecule has 2 fully saturated rings. The summed E-state index contributed by atoms with van der Waals surface area (Å²) in [7, 11) is 0. The summed E-state index contributed by atoms with van der Waals surface area (Å²) in [5.74, 6) is 1.49. The van der Waals surface area contributed by atoms with Gasteiger partial charge in [-0.25, -0.2) is 0 Å². The summed E-state index contributed by atoms with van der Waals surface area (Å²) < 4.78 is 5.35. The first kappa shape index (κ1) is 22.1. The van der Waals surface area contributed by atoms with Gasteiger partial charge in [0.15, 0.2) is 0 Å². The number of nitrogens with two attached hydrogens (primary N) is 1. The molecule has 0 bridgehead atoms. The number of halogens is 1. The highest BCUT2D eigenvalue weighted by Gasteiger charge is 2.38. The SMILES string of the molecule is CCOC(=O)C1CC[C@H](Cc2ccc(Cl)cc2)N(C2CCN(C3=NN=C(N)C3)CC2)C1. The van der Waals surface area contributed by atoms with Crippen LogP contribution in [0.15, 0.2) is 34.5 Å². The number of hydrogen-bond acceptors (Lipinski definition) is 7. The van der Waals surface area contributed by atoms with Gasteiger partial charge in [-0.3, -0.25) is 9.69 Å². The average Bonchev–Trinajstić information content (AvgIpc) is 3.22. The summed E-state index contributed by atoms with van der Waals surface area (Å²) in [6, 6.07) is 9.02. The third-order valence-corrected chi connectivity index (χ3v) is 6.94. The van der Waals surface area contributed by atoms with Crippen molar-refractivity contribution in [2.24, 2.45) is 21.9 Å². The topological polar surface area (TPSA) is 83.5 Å². The molecule has 2 atom stereocenters. The Labute approximate surface area is 189 Å². The number of carbonyl (C=O) groups is 1. The Morgan fingerprint density at radius 1 is 1.16 bits per heavy atom. The molecule has 0 radical (unpaired) electrons. The molecule has 3 aliphatic rings. The van der Waals surface area contributed by atoms with Crippen molar-refractivity contribution in [2.45, 2.75) is 57.5 Å². The standard InChI is InChI=1S/C23H32ClN5O2/c1-2-31-23(30)17-5-8-20(13-16-3-6-18(24)7-4-16)29(15-17)19-9-11-28(12-10-19)22-14-21(25)26-27-22/h3-4,6-7,17,19-20H,2,5,8-15H2,1H3,(H2,25,26)/t17?,20-/m1/s1. The van der Waals surface area contributed by atoms with Crippen LogP contribution in [0.5, 0.6) is 0 Å². The Balaban J connectivity index is 1.43. The van der Waals surface area contributed by atoms with Gasteiger partial charge >= 0.3 is 5.97 Å². The number of amidine groups is 2. The van der Waals surface area contributed by atoms with E-state index < -0.39 is 0 Å². The minimum atomic E-state index is -0.0529. The van der Waals surface area contributed by atoms with Crippen LogP contribution in [0.25, 0.3) is 0 Å². The fourth-order valence-electron chi connectivity index (χ4n) is 5.05. The molecule has 2 saturated heterocycles. The lowest BCUT2D eigenvalue weighted by molar-refractivity contribution is -0.151. The molecule has 31 heavy (non-hydrogen) atoms. The second kappa shape index (κ2) is 10.0. The van der Waals surface area contributed by atoms with Gasteiger partial charge < -0.3 is 15.4 Å². The number of likely N-dealkylation sites (tertiary alicyclic amines) is 2. The molecule has 0 aliphatic carbocycles. The summed E-state index contributed by atoms with van der Waals surface area (Å²) >= 11 is 6.07. The van der Waals surface area contributed by atoms with E-state index in [2.05, 4.69) is 32.1 Å². The van der Waals surface area contributed by atoms with Crippen LogP contribution in [0, 0.1) is 5.92 Å². The van der Waals surface area contributed by atoms with Crippen molar-refractivity contribution < 1.29 is 9.53 Å². The first-order valence-corrected chi connectivity index (χ1v) is 11.7. The molecule has 1 aromatic rings. The normalized spacial score (nSPS) is 25.3. The van der Waals surface area contributed by atoms with E-state index in [-0.39, 0.29) is 11.9 Å². The lowest BCUT2D eigenvalue weighted by Gasteiger charge is -2.46. The van der Waals surface area contributed by atoms with E-state index in [9.17, 15) is 4.79 Å². The lowest BCUT2D eigenvalue weighted by atomic mass is 9.86. The van der Waals surface area contributed by atoms with Crippen molar-refractivity contribution in [3.63, 3.8) is 0 Å². The quantitative estimate of drug-likeness (QED) is 0.704. The van der Waals surface area contributed by atoms with E-state index in [0.717, 1.165) is 62.6 Å². The Morgan fingerprint density at radius 3 is 2.55 bits per heavy atom. The second-order valence-corrected chi connectivity index (χ2v) is 9.15. The van der Waals surface area contributed by atoms with Crippen molar-refractivity contribution in [3.05, 3.63) is 34.9 Å². The van der Waals surface area contributed by atoms with Crippen LogP contribution in [0.2, 0.25) is 5.02 Å². The number of carbonyl (C=O) groups excluding carboxylic acids is 1. The van der Waals surface area contributed by atoms with Crippen LogP contribution in [0.3, 0.4) is 0 Å². The molecule has 1 unspecified atom stereocenters. The second-order valence-electron chi connectivity index (χ2n) is 8.71. The van der Waals surface area contributed by atoms with Gasteiger partial charge in [0.25, 0.3) is 0 Å². The highest BCUT2D eigenvalue weighted by molar-refractivity contribution is 6.30. The number of esters is 1. The van der Waals surface area contributed by atoms with Crippen LogP contribution >= 0.6 is 11.6 Å². The molecule has 4 rings (SSSR count). The molecule has 1 aromatic carbocycles. The van der Waals surface area contributed by atoms with Crippen molar-refractivity contribution in [2.75, 3.05) is 26.2 Å². The predicted molar refractivity (Wildman–Crippen MR) is 123 cm³/mol. The van der Waals surface area contributed by atoms with Gasteiger partial charge in [0.2, 0.25) is 0 Å². The Kier molecular flexibility index (Phi) is 7.13. The maximum absolute atomic E-state index is 12.5. The largest absolute Gasteiger partial charge is 0.466 e. The summed E-state index contributed by atoms with van der Waals surface area (Å²) in [5, 5.41) is 8.98. The van der Waals surface area contributed by atoms with Gasteiger partial charge in [-0.1, -0.05) is 23.7 Å². The van der Waals surface area contributed by atoms with Crippen LogP contribution in [-0.4, -0.2) is 65.8 Å². The smallest absolute Gasteiger partial charge is 0.310 e. The third-order valence-electron chi connectivity index (χ3n) is 6.68. The van der Waals surface area contributed by atoms with E-state index in [4.69, 9.17) is 22.1 Å². The fraction of sp³-hybridized carbons (Fsp3) is 0.609. The number of hydrogen-bond donors (Lipinski definition) is 1. The zero-order valence-electron chi connectivity index (χ0n) is 18.2. The Hall–Kier alpha value is -2.12. The van der Waals surface area contributed by atoms with E-state index in [0.29, 0.717) is 30.9 Å². The Bertz CT molecular complexity index is 833. The maximum atomic E-state index is 12.5. The number of piperidine rings is 2. The molecule has 0 saturated carbocycles. The minimum absolute atomic E-state index is 0.0353. The molecule has 168 valence electrons. The number of rotatable bonds is 5. The highest BCUT2D eigenvalue weighted by Crippen LogP contribution is 2.31. The van der Waals surface area contributed by atoms with Crippen molar-refractivity contribution in [1.29, 1.82) is 0 Å². The molecule has 3 heterocycles. The van der Waals surface area contributed by atoms with Crippen molar-refractivity contribution in [3.8, 4) is 0 Å². The molecule has 7 nitrogen and oxygen atoms in total. The molecule has 3 aliphatic heterocycles. The summed E-state index contributed by atoms with van der Waals surface area (Å²) in [5.41, 5.74) is 7.08. The van der Waals surface area contributed by atoms with Crippen LogP contribution in [0.1, 0.15) is 44.6 Å². The highest BCUT2D eigenvalue weighted by atomic mass is 35.5. The van der Waals surface area contributed by atoms with Crippen LogP contribution in [-0.2, 0) is 16.0 Å². The predicted octanol–water partition coefficient (Wildman–Crippen LogP) is 3.07. The number of ether oxygens (including phenoxy) is 1. The summed E-state index contributed by atoms with van der Waals surface area (Å²) in [4.78, 5) is 17.4. The maximum Gasteiger partial charge on any atom is 0.310 e. The Morgan fingerprint density at radius 2 is 1.90 bits per heavy atom. The average molecular weight is 446 g/mol. The lowest BCUT2D eigenvalue weighted by Crippen LogP contribution is -2.55. The molecule has 8 heteroatoms. The van der Waals surface area contributed by atoms with Crippen LogP contribution < -0.4 is 5.73 Å². The summed E-state index contributed by atoms with van der Waals surface area (Å²) in [6.07, 6.45) is 5.61. The zero-order valence-corrected chi connectivity index (χ0v) is 18.9.